The van der Waals surface area contributed by atoms with Gasteiger partial charge in [0.25, 0.3) is 0 Å². The van der Waals surface area contributed by atoms with Gasteiger partial charge in [-0.3, -0.25) is 5.32 Å². The van der Waals surface area contributed by atoms with Crippen molar-refractivity contribution in [2.24, 2.45) is 0 Å². The number of benzene rings is 1. The number of hydrogen-bond acceptors (Lipinski definition) is 7. The first-order valence-electron chi connectivity index (χ1n) is 10.2. The number of alkyl halides is 3. The van der Waals surface area contributed by atoms with Gasteiger partial charge in [0.2, 0.25) is 5.95 Å². The Kier molecular flexibility index (Phi) is 8.49. The molecule has 0 atom stereocenters. The highest BCUT2D eigenvalue weighted by Crippen LogP contribution is 2.24. The van der Waals surface area contributed by atoms with Gasteiger partial charge in [0, 0.05) is 30.0 Å². The molecule has 0 saturated carbocycles. The van der Waals surface area contributed by atoms with Crippen LogP contribution in [0.15, 0.2) is 30.3 Å². The summed E-state index contributed by atoms with van der Waals surface area (Å²) in [5.41, 5.74) is 0.430. The van der Waals surface area contributed by atoms with Crippen LogP contribution in [0.5, 0.6) is 5.75 Å². The molecule has 2 rings (SSSR count). The molecule has 10 nitrogen and oxygen atoms in total. The van der Waals surface area contributed by atoms with Crippen LogP contribution in [0.25, 0.3) is 0 Å². The number of amides is 3. The average molecular weight is 484 g/mol. The first-order chi connectivity index (χ1) is 15.7. The lowest BCUT2D eigenvalue weighted by atomic mass is 10.1. The zero-order chi connectivity index (χ0) is 25.5. The smallest absolute Gasteiger partial charge is 0.448 e. The SMILES string of the molecule is Cc1cc(NCCOC(=O)N(C)C(C)(C)C)nc(NC(=O)Nc2ccc(OC(F)(F)F)cc2)n1. The van der Waals surface area contributed by atoms with Gasteiger partial charge in [-0.15, -0.1) is 13.2 Å². The molecule has 186 valence electrons. The molecule has 3 N–H and O–H groups in total. The third-order valence-electron chi connectivity index (χ3n) is 4.34. The van der Waals surface area contributed by atoms with Crippen LogP contribution in [0.2, 0.25) is 0 Å². The minimum absolute atomic E-state index is 0.00138. The van der Waals surface area contributed by atoms with Gasteiger partial charge in [0.05, 0.1) is 6.54 Å². The van der Waals surface area contributed by atoms with Crippen molar-refractivity contribution >= 4 is 29.6 Å². The van der Waals surface area contributed by atoms with E-state index >= 15 is 0 Å². The quantitative estimate of drug-likeness (QED) is 0.492. The van der Waals surface area contributed by atoms with E-state index < -0.39 is 24.2 Å². The molecule has 1 aromatic heterocycles. The highest BCUT2D eigenvalue weighted by atomic mass is 19.4. The van der Waals surface area contributed by atoms with E-state index in [1.807, 2.05) is 20.8 Å². The highest BCUT2D eigenvalue weighted by Gasteiger charge is 2.31. The maximum Gasteiger partial charge on any atom is 0.573 e. The number of nitrogens with zero attached hydrogens (tertiary/aromatic N) is 3. The van der Waals surface area contributed by atoms with E-state index in [1.165, 1.54) is 17.0 Å². The Bertz CT molecular complexity index is 993. The van der Waals surface area contributed by atoms with Gasteiger partial charge in [-0.05, 0) is 52.0 Å². The standard InChI is InChI=1S/C21H27F3N6O4/c1-13-12-16(25-10-11-33-19(32)30(5)20(2,3)4)28-17(26-13)29-18(31)27-14-6-8-15(9-7-14)34-21(22,23)24/h6-9,12H,10-11H2,1-5H3,(H3,25,26,27,28,29,31). The van der Waals surface area contributed by atoms with Crippen LogP contribution in [0, 0.1) is 6.92 Å². The fourth-order valence-electron chi connectivity index (χ4n) is 2.41. The Morgan fingerprint density at radius 1 is 1.06 bits per heavy atom. The molecule has 0 aliphatic rings. The second-order valence-corrected chi connectivity index (χ2v) is 8.14. The summed E-state index contributed by atoms with van der Waals surface area (Å²) in [4.78, 5) is 34.0. The van der Waals surface area contributed by atoms with E-state index in [2.05, 4.69) is 30.7 Å². The van der Waals surface area contributed by atoms with Crippen molar-refractivity contribution in [2.75, 3.05) is 36.1 Å². The number of hydrogen-bond donors (Lipinski definition) is 3. The maximum absolute atomic E-state index is 12.2. The average Bonchev–Trinajstić information content (AvgIpc) is 2.69. The van der Waals surface area contributed by atoms with Crippen LogP contribution >= 0.6 is 0 Å². The first-order valence-corrected chi connectivity index (χ1v) is 10.2. The Morgan fingerprint density at radius 2 is 1.71 bits per heavy atom. The van der Waals surface area contributed by atoms with Crippen molar-refractivity contribution in [1.82, 2.24) is 14.9 Å². The van der Waals surface area contributed by atoms with Crippen LogP contribution in [0.3, 0.4) is 0 Å². The van der Waals surface area contributed by atoms with Crippen molar-refractivity contribution in [2.45, 2.75) is 39.6 Å². The molecule has 0 fully saturated rings. The predicted octanol–water partition coefficient (Wildman–Crippen LogP) is 4.61. The van der Waals surface area contributed by atoms with Gasteiger partial charge >= 0.3 is 18.5 Å². The minimum atomic E-state index is -4.80. The summed E-state index contributed by atoms with van der Waals surface area (Å²) in [6.07, 6.45) is -5.25. The van der Waals surface area contributed by atoms with E-state index in [9.17, 15) is 22.8 Å². The normalized spacial score (nSPS) is 11.4. The van der Waals surface area contributed by atoms with Crippen LogP contribution in [0.1, 0.15) is 26.5 Å². The second-order valence-electron chi connectivity index (χ2n) is 8.14. The minimum Gasteiger partial charge on any atom is -0.448 e. The van der Waals surface area contributed by atoms with Crippen LogP contribution in [-0.4, -0.2) is 59.1 Å². The maximum atomic E-state index is 12.2. The molecule has 0 unspecified atom stereocenters. The number of aromatic nitrogens is 2. The summed E-state index contributed by atoms with van der Waals surface area (Å²) < 4.78 is 45.7. The summed E-state index contributed by atoms with van der Waals surface area (Å²) in [6.45, 7) is 7.74. The summed E-state index contributed by atoms with van der Waals surface area (Å²) in [5, 5.41) is 7.89. The largest absolute Gasteiger partial charge is 0.573 e. The molecular weight excluding hydrogens is 457 g/mol. The number of nitrogens with one attached hydrogen (secondary N) is 3. The van der Waals surface area contributed by atoms with Crippen molar-refractivity contribution in [3.63, 3.8) is 0 Å². The van der Waals surface area contributed by atoms with Gasteiger partial charge in [-0.2, -0.15) is 4.98 Å². The molecule has 3 amide bonds. The monoisotopic (exact) mass is 484 g/mol. The zero-order valence-corrected chi connectivity index (χ0v) is 19.4. The lowest BCUT2D eigenvalue weighted by Crippen LogP contribution is -2.43. The molecule has 0 aliphatic carbocycles. The number of urea groups is 1. The number of ether oxygens (including phenoxy) is 2. The van der Waals surface area contributed by atoms with E-state index in [-0.39, 0.29) is 30.3 Å². The number of carbonyl (C=O) groups is 2. The van der Waals surface area contributed by atoms with E-state index in [1.54, 1.807) is 20.0 Å². The number of aryl methyl sites for hydroxylation is 1. The Balaban J connectivity index is 1.87. The first kappa shape index (κ1) is 26.5. The number of halogens is 3. The summed E-state index contributed by atoms with van der Waals surface area (Å²) in [5.74, 6) is -0.00918. The molecule has 34 heavy (non-hydrogen) atoms. The lowest BCUT2D eigenvalue weighted by Gasteiger charge is -2.30. The van der Waals surface area contributed by atoms with Crippen molar-refractivity contribution in [3.05, 3.63) is 36.0 Å². The molecule has 0 aliphatic heterocycles. The van der Waals surface area contributed by atoms with Crippen LogP contribution < -0.4 is 20.7 Å². The highest BCUT2D eigenvalue weighted by molar-refractivity contribution is 5.98. The van der Waals surface area contributed by atoms with E-state index in [4.69, 9.17) is 4.74 Å². The Labute approximate surface area is 194 Å². The number of carbonyl (C=O) groups excluding carboxylic acids is 2. The van der Waals surface area contributed by atoms with Gasteiger partial charge in [0.1, 0.15) is 18.2 Å². The zero-order valence-electron chi connectivity index (χ0n) is 19.4. The van der Waals surface area contributed by atoms with Gasteiger partial charge in [0.15, 0.2) is 0 Å². The Morgan fingerprint density at radius 3 is 2.29 bits per heavy atom. The Hall–Kier alpha value is -3.77. The van der Waals surface area contributed by atoms with Crippen molar-refractivity contribution < 1.29 is 32.2 Å². The summed E-state index contributed by atoms with van der Waals surface area (Å²) in [7, 11) is 1.65. The number of anilines is 3. The molecule has 1 aromatic carbocycles. The second kappa shape index (κ2) is 10.9. The van der Waals surface area contributed by atoms with E-state index in [0.29, 0.717) is 11.5 Å². The van der Waals surface area contributed by atoms with Gasteiger partial charge < -0.3 is 25.0 Å². The summed E-state index contributed by atoms with van der Waals surface area (Å²) in [6, 6.07) is 5.60. The molecule has 0 spiro atoms. The third kappa shape index (κ3) is 9.00. The van der Waals surface area contributed by atoms with Crippen molar-refractivity contribution in [1.29, 1.82) is 0 Å². The van der Waals surface area contributed by atoms with Gasteiger partial charge in [-0.25, -0.2) is 14.6 Å². The molecule has 0 bridgehead atoms. The molecular formula is C21H27F3N6O4. The fourth-order valence-corrected chi connectivity index (χ4v) is 2.41. The molecule has 2 aromatic rings. The van der Waals surface area contributed by atoms with Crippen LogP contribution in [0.4, 0.5) is 40.2 Å². The van der Waals surface area contributed by atoms with Crippen molar-refractivity contribution in [3.8, 4) is 5.75 Å². The molecule has 1 heterocycles. The summed E-state index contributed by atoms with van der Waals surface area (Å²) >= 11 is 0. The lowest BCUT2D eigenvalue weighted by molar-refractivity contribution is -0.274. The fraction of sp³-hybridized carbons (Fsp3) is 0.429. The topological polar surface area (TPSA) is 118 Å². The van der Waals surface area contributed by atoms with E-state index in [0.717, 1.165) is 12.1 Å². The molecule has 0 saturated heterocycles. The van der Waals surface area contributed by atoms with Crippen LogP contribution in [-0.2, 0) is 4.74 Å². The number of rotatable bonds is 7. The molecule has 13 heteroatoms. The predicted molar refractivity (Wildman–Crippen MR) is 120 cm³/mol. The van der Waals surface area contributed by atoms with Gasteiger partial charge in [-0.1, -0.05) is 0 Å². The molecule has 0 radical (unpaired) electrons. The third-order valence-corrected chi connectivity index (χ3v) is 4.34.